The number of carbonyl (C=O) groups is 1. The van der Waals surface area contributed by atoms with Crippen LogP contribution in [0.1, 0.15) is 43.3 Å². The van der Waals surface area contributed by atoms with Crippen molar-refractivity contribution in [1.82, 2.24) is 9.88 Å². The third-order valence-electron chi connectivity index (χ3n) is 4.81. The van der Waals surface area contributed by atoms with Crippen molar-refractivity contribution in [1.29, 1.82) is 0 Å². The van der Waals surface area contributed by atoms with E-state index >= 15 is 0 Å². The lowest BCUT2D eigenvalue weighted by molar-refractivity contribution is 0.0666. The molecule has 0 aromatic carbocycles. The topological polar surface area (TPSA) is 62.5 Å². The molecule has 1 amide bonds. The molecule has 0 spiro atoms. The van der Waals surface area contributed by atoms with Crippen molar-refractivity contribution in [2.24, 2.45) is 11.7 Å². The predicted molar refractivity (Wildman–Crippen MR) is 118 cm³/mol. The summed E-state index contributed by atoms with van der Waals surface area (Å²) in [5.74, 6) is 0.552. The van der Waals surface area contributed by atoms with Crippen LogP contribution in [0.3, 0.4) is 0 Å². The molecule has 26 heavy (non-hydrogen) atoms. The standard InChI is InChI=1S/C17H26N4OS2.2ClH/c1-4-20(5-2)17-19-15-13(24-17)9-14(23-15)16(22)21-8-6-7-12(10-21)11(3)18;;/h9,11-12H,4-8,10,18H2,1-3H3;2*1H. The zero-order chi connectivity index (χ0) is 17.3. The number of amides is 1. The molecule has 148 valence electrons. The second kappa shape index (κ2) is 10.1. The highest BCUT2D eigenvalue weighted by atomic mass is 35.5. The minimum atomic E-state index is 0. The lowest BCUT2D eigenvalue weighted by Gasteiger charge is -2.34. The fourth-order valence-electron chi connectivity index (χ4n) is 3.24. The van der Waals surface area contributed by atoms with Gasteiger partial charge in [-0.25, -0.2) is 4.98 Å². The molecular weight excluding hydrogens is 411 g/mol. The summed E-state index contributed by atoms with van der Waals surface area (Å²) < 4.78 is 1.12. The first-order valence-corrected chi connectivity index (χ1v) is 10.4. The highest BCUT2D eigenvalue weighted by molar-refractivity contribution is 7.29. The molecule has 3 heterocycles. The number of nitrogens with zero attached hydrogens (tertiary/aromatic N) is 3. The number of hydrogen-bond acceptors (Lipinski definition) is 6. The predicted octanol–water partition coefficient (Wildman–Crippen LogP) is 4.25. The van der Waals surface area contributed by atoms with Gasteiger partial charge in [-0.2, -0.15) is 0 Å². The molecule has 2 N–H and O–H groups in total. The number of thiazole rings is 1. The van der Waals surface area contributed by atoms with Crippen LogP contribution in [-0.4, -0.2) is 48.0 Å². The van der Waals surface area contributed by atoms with Crippen LogP contribution in [0, 0.1) is 5.92 Å². The van der Waals surface area contributed by atoms with Gasteiger partial charge in [0.1, 0.15) is 4.83 Å². The number of fused-ring (bicyclic) bond motifs is 1. The van der Waals surface area contributed by atoms with Crippen molar-refractivity contribution in [3.8, 4) is 0 Å². The van der Waals surface area contributed by atoms with E-state index in [0.717, 1.165) is 58.6 Å². The maximum absolute atomic E-state index is 12.8. The van der Waals surface area contributed by atoms with Crippen LogP contribution in [0.25, 0.3) is 9.53 Å². The Hall–Kier alpha value is -0.600. The van der Waals surface area contributed by atoms with Crippen molar-refractivity contribution in [3.63, 3.8) is 0 Å². The van der Waals surface area contributed by atoms with Gasteiger partial charge in [0.2, 0.25) is 0 Å². The van der Waals surface area contributed by atoms with Crippen LogP contribution in [0.5, 0.6) is 0 Å². The maximum Gasteiger partial charge on any atom is 0.264 e. The molecule has 5 nitrogen and oxygen atoms in total. The number of anilines is 1. The number of piperidine rings is 1. The van der Waals surface area contributed by atoms with E-state index in [-0.39, 0.29) is 36.8 Å². The number of nitrogens with two attached hydrogens (primary N) is 1. The summed E-state index contributed by atoms with van der Waals surface area (Å²) in [6, 6.07) is 2.16. The summed E-state index contributed by atoms with van der Waals surface area (Å²) in [6.07, 6.45) is 2.16. The first kappa shape index (κ1) is 23.4. The lowest BCUT2D eigenvalue weighted by Crippen LogP contribution is -2.44. The highest BCUT2D eigenvalue weighted by Gasteiger charge is 2.27. The number of rotatable bonds is 5. The van der Waals surface area contributed by atoms with Gasteiger partial charge in [0, 0.05) is 32.2 Å². The molecule has 9 heteroatoms. The molecule has 1 aliphatic rings. The van der Waals surface area contributed by atoms with Crippen molar-refractivity contribution in [2.75, 3.05) is 31.1 Å². The molecule has 1 aliphatic heterocycles. The summed E-state index contributed by atoms with van der Waals surface area (Å²) in [4.78, 5) is 23.5. The van der Waals surface area contributed by atoms with Gasteiger partial charge in [-0.1, -0.05) is 11.3 Å². The van der Waals surface area contributed by atoms with Crippen LogP contribution >= 0.6 is 47.5 Å². The molecule has 0 saturated carbocycles. The number of thiophene rings is 1. The Morgan fingerprint density at radius 3 is 2.65 bits per heavy atom. The van der Waals surface area contributed by atoms with Gasteiger partial charge < -0.3 is 15.5 Å². The number of aromatic nitrogens is 1. The van der Waals surface area contributed by atoms with E-state index in [1.54, 1.807) is 11.3 Å². The van der Waals surface area contributed by atoms with Gasteiger partial charge in [-0.3, -0.25) is 4.79 Å². The summed E-state index contributed by atoms with van der Waals surface area (Å²) in [5, 5.41) is 1.05. The Morgan fingerprint density at radius 1 is 1.38 bits per heavy atom. The normalized spacial score (nSPS) is 18.2. The first-order chi connectivity index (χ1) is 11.5. The van der Waals surface area contributed by atoms with E-state index in [2.05, 4.69) is 18.7 Å². The summed E-state index contributed by atoms with van der Waals surface area (Å²) in [6.45, 7) is 9.84. The number of carbonyl (C=O) groups excluding carboxylic acids is 1. The van der Waals surface area contributed by atoms with Gasteiger partial charge in [0.05, 0.1) is 9.58 Å². The van der Waals surface area contributed by atoms with Crippen LogP contribution in [-0.2, 0) is 0 Å². The number of halogens is 2. The third kappa shape index (κ3) is 4.81. The lowest BCUT2D eigenvalue weighted by atomic mass is 9.92. The van der Waals surface area contributed by atoms with Crippen LogP contribution in [0.2, 0.25) is 0 Å². The maximum atomic E-state index is 12.8. The van der Waals surface area contributed by atoms with E-state index in [1.807, 2.05) is 17.9 Å². The minimum absolute atomic E-state index is 0. The average Bonchev–Trinajstić information content (AvgIpc) is 3.14. The Bertz CT molecular complexity index is 683. The number of likely N-dealkylation sites (tertiary alicyclic amines) is 1. The molecule has 2 aromatic rings. The van der Waals surface area contributed by atoms with Crippen molar-refractivity contribution in [3.05, 3.63) is 10.9 Å². The summed E-state index contributed by atoms with van der Waals surface area (Å²) >= 11 is 3.20. The van der Waals surface area contributed by atoms with Crippen molar-refractivity contribution < 1.29 is 4.79 Å². The Kier molecular flexibility index (Phi) is 9.09. The fraction of sp³-hybridized carbons (Fsp3) is 0.647. The molecule has 0 bridgehead atoms. The first-order valence-electron chi connectivity index (χ1n) is 8.73. The van der Waals surface area contributed by atoms with E-state index in [4.69, 9.17) is 10.7 Å². The van der Waals surface area contributed by atoms with E-state index < -0.39 is 0 Å². The molecule has 2 aromatic heterocycles. The van der Waals surface area contributed by atoms with Crippen LogP contribution in [0.4, 0.5) is 5.13 Å². The molecule has 0 aliphatic carbocycles. The van der Waals surface area contributed by atoms with Crippen LogP contribution < -0.4 is 10.6 Å². The molecule has 0 radical (unpaired) electrons. The van der Waals surface area contributed by atoms with Gasteiger partial charge in [-0.05, 0) is 45.6 Å². The van der Waals surface area contributed by atoms with Gasteiger partial charge in [-0.15, -0.1) is 36.2 Å². The molecule has 1 saturated heterocycles. The molecule has 3 rings (SSSR count). The fourth-order valence-corrected chi connectivity index (χ4v) is 5.54. The van der Waals surface area contributed by atoms with E-state index in [9.17, 15) is 4.79 Å². The number of hydrogen-bond donors (Lipinski definition) is 1. The summed E-state index contributed by atoms with van der Waals surface area (Å²) in [5.41, 5.74) is 6.04. The monoisotopic (exact) mass is 438 g/mol. The van der Waals surface area contributed by atoms with E-state index in [0.29, 0.717) is 5.92 Å². The average molecular weight is 439 g/mol. The van der Waals surface area contributed by atoms with Crippen molar-refractivity contribution >= 4 is 68.1 Å². The highest BCUT2D eigenvalue weighted by Crippen LogP contribution is 2.35. The Labute approximate surface area is 175 Å². The van der Waals surface area contributed by atoms with Crippen LogP contribution in [0.15, 0.2) is 6.07 Å². The van der Waals surface area contributed by atoms with E-state index in [1.165, 1.54) is 11.3 Å². The quantitative estimate of drug-likeness (QED) is 0.757. The molecule has 2 atom stereocenters. The van der Waals surface area contributed by atoms with Crippen molar-refractivity contribution in [2.45, 2.75) is 39.7 Å². The minimum Gasteiger partial charge on any atom is -0.349 e. The molecule has 1 fully saturated rings. The smallest absolute Gasteiger partial charge is 0.264 e. The largest absolute Gasteiger partial charge is 0.349 e. The van der Waals surface area contributed by atoms with Gasteiger partial charge in [0.25, 0.3) is 5.91 Å². The third-order valence-corrected chi connectivity index (χ3v) is 7.02. The second-order valence-electron chi connectivity index (χ2n) is 6.46. The van der Waals surface area contributed by atoms with Gasteiger partial charge in [0.15, 0.2) is 5.13 Å². The Morgan fingerprint density at radius 2 is 2.08 bits per heavy atom. The zero-order valence-electron chi connectivity index (χ0n) is 15.4. The zero-order valence-corrected chi connectivity index (χ0v) is 18.7. The molecular formula is C17H28Cl2N4OS2. The second-order valence-corrected chi connectivity index (χ2v) is 8.50. The molecule has 2 unspecified atom stereocenters. The summed E-state index contributed by atoms with van der Waals surface area (Å²) in [7, 11) is 0. The Balaban J connectivity index is 0.00000169. The SMILES string of the molecule is CCN(CC)c1nc2sc(C(=O)N3CCCC(C(C)N)C3)cc2s1.Cl.Cl. The van der Waals surface area contributed by atoms with Gasteiger partial charge >= 0.3 is 0 Å².